The van der Waals surface area contributed by atoms with Crippen molar-refractivity contribution in [2.75, 3.05) is 18.1 Å². The van der Waals surface area contributed by atoms with Gasteiger partial charge < -0.3 is 10.6 Å². The van der Waals surface area contributed by atoms with Gasteiger partial charge in [0.15, 0.2) is 0 Å². The molecule has 0 saturated carbocycles. The third-order valence-corrected chi connectivity index (χ3v) is 4.28. The topological polar surface area (TPSA) is 58.2 Å². The molecule has 4 nitrogen and oxygen atoms in total. The Labute approximate surface area is 135 Å². The van der Waals surface area contributed by atoms with E-state index in [0.717, 1.165) is 25.0 Å². The summed E-state index contributed by atoms with van der Waals surface area (Å²) in [4.78, 5) is 23.7. The average Bonchev–Trinajstić information content (AvgIpc) is 2.55. The van der Waals surface area contributed by atoms with Crippen molar-refractivity contribution in [2.24, 2.45) is 5.92 Å². The molecule has 0 saturated heterocycles. The van der Waals surface area contributed by atoms with E-state index < -0.39 is 11.8 Å². The Morgan fingerprint density at radius 1 is 1.18 bits per heavy atom. The van der Waals surface area contributed by atoms with Crippen LogP contribution in [0.3, 0.4) is 0 Å². The minimum Gasteiger partial charge on any atom is -0.348 e. The summed E-state index contributed by atoms with van der Waals surface area (Å²) in [7, 11) is 0. The first-order chi connectivity index (χ1) is 10.7. The summed E-state index contributed by atoms with van der Waals surface area (Å²) < 4.78 is 0. The van der Waals surface area contributed by atoms with E-state index >= 15 is 0 Å². The Balaban J connectivity index is 1.77. The van der Waals surface area contributed by atoms with E-state index in [1.165, 1.54) is 5.56 Å². The standard InChI is InChI=1S/C17H22N2O2S/c1-22-12-14-7-9-15(10-8-14)19-17(21)16(20)18-11-13-5-3-2-4-6-13/h2-3,7-10,13H,4-6,11-12H2,1H3,(H,18,20)(H,19,21)/t13-/m1/s1. The summed E-state index contributed by atoms with van der Waals surface area (Å²) >= 11 is 1.74. The number of carbonyl (C=O) groups excluding carboxylic acids is 2. The number of anilines is 1. The Hall–Kier alpha value is -1.75. The highest BCUT2D eigenvalue weighted by atomic mass is 32.2. The van der Waals surface area contributed by atoms with E-state index in [4.69, 9.17) is 0 Å². The fourth-order valence-electron chi connectivity index (χ4n) is 2.40. The Kier molecular flexibility index (Phi) is 6.52. The highest BCUT2D eigenvalue weighted by molar-refractivity contribution is 7.97. The van der Waals surface area contributed by atoms with Gasteiger partial charge in [-0.25, -0.2) is 0 Å². The van der Waals surface area contributed by atoms with E-state index in [9.17, 15) is 9.59 Å². The van der Waals surface area contributed by atoms with Crippen molar-refractivity contribution in [1.29, 1.82) is 0 Å². The van der Waals surface area contributed by atoms with Crippen molar-refractivity contribution in [3.05, 3.63) is 42.0 Å². The maximum absolute atomic E-state index is 11.9. The van der Waals surface area contributed by atoms with Gasteiger partial charge in [0.1, 0.15) is 0 Å². The monoisotopic (exact) mass is 318 g/mol. The lowest BCUT2D eigenvalue weighted by atomic mass is 9.94. The first kappa shape index (κ1) is 16.6. The molecule has 0 unspecified atom stereocenters. The van der Waals surface area contributed by atoms with Gasteiger partial charge in [-0.3, -0.25) is 9.59 Å². The van der Waals surface area contributed by atoms with Gasteiger partial charge in [0.25, 0.3) is 0 Å². The van der Waals surface area contributed by atoms with Gasteiger partial charge in [-0.2, -0.15) is 11.8 Å². The van der Waals surface area contributed by atoms with Crippen molar-refractivity contribution in [1.82, 2.24) is 5.32 Å². The van der Waals surface area contributed by atoms with E-state index in [1.54, 1.807) is 11.8 Å². The zero-order valence-electron chi connectivity index (χ0n) is 12.8. The van der Waals surface area contributed by atoms with Crippen LogP contribution in [-0.4, -0.2) is 24.6 Å². The highest BCUT2D eigenvalue weighted by Crippen LogP contribution is 2.17. The lowest BCUT2D eigenvalue weighted by Gasteiger charge is -2.17. The molecular weight excluding hydrogens is 296 g/mol. The fraction of sp³-hybridized carbons (Fsp3) is 0.412. The first-order valence-corrected chi connectivity index (χ1v) is 8.90. The maximum atomic E-state index is 11.9. The lowest BCUT2D eigenvalue weighted by molar-refractivity contribution is -0.136. The van der Waals surface area contributed by atoms with Crippen molar-refractivity contribution in [2.45, 2.75) is 25.0 Å². The summed E-state index contributed by atoms with van der Waals surface area (Å²) in [5.74, 6) is 0.198. The molecule has 1 aromatic carbocycles. The summed E-state index contributed by atoms with van der Waals surface area (Å²) in [5, 5.41) is 5.34. The van der Waals surface area contributed by atoms with Crippen molar-refractivity contribution in [3.8, 4) is 0 Å². The molecule has 0 aliphatic heterocycles. The van der Waals surface area contributed by atoms with E-state index in [0.29, 0.717) is 18.2 Å². The van der Waals surface area contributed by atoms with Gasteiger partial charge in [0, 0.05) is 18.0 Å². The molecule has 0 heterocycles. The van der Waals surface area contributed by atoms with Crippen molar-refractivity contribution >= 4 is 29.3 Å². The Bertz CT molecular complexity index is 540. The van der Waals surface area contributed by atoms with Crippen molar-refractivity contribution in [3.63, 3.8) is 0 Å². The second kappa shape index (κ2) is 8.63. The molecule has 1 aliphatic carbocycles. The van der Waals surface area contributed by atoms with Crippen LogP contribution in [0.25, 0.3) is 0 Å². The highest BCUT2D eigenvalue weighted by Gasteiger charge is 2.16. The van der Waals surface area contributed by atoms with E-state index in [-0.39, 0.29) is 0 Å². The van der Waals surface area contributed by atoms with Gasteiger partial charge >= 0.3 is 11.8 Å². The minimum absolute atomic E-state index is 0.438. The fourth-order valence-corrected chi connectivity index (χ4v) is 2.92. The first-order valence-electron chi connectivity index (χ1n) is 7.51. The molecule has 1 aromatic rings. The molecule has 2 N–H and O–H groups in total. The smallest absolute Gasteiger partial charge is 0.313 e. The van der Waals surface area contributed by atoms with Gasteiger partial charge in [0.2, 0.25) is 0 Å². The molecule has 22 heavy (non-hydrogen) atoms. The molecule has 2 amide bonds. The second-order valence-corrected chi connectivity index (χ2v) is 6.31. The van der Waals surface area contributed by atoms with Crippen LogP contribution in [0.1, 0.15) is 24.8 Å². The predicted molar refractivity (Wildman–Crippen MR) is 91.8 cm³/mol. The number of rotatable bonds is 5. The molecule has 1 aliphatic rings. The summed E-state index contributed by atoms with van der Waals surface area (Å²) in [6, 6.07) is 7.56. The van der Waals surface area contributed by atoms with Crippen LogP contribution in [0.15, 0.2) is 36.4 Å². The zero-order chi connectivity index (χ0) is 15.8. The molecule has 5 heteroatoms. The number of amides is 2. The van der Waals surface area contributed by atoms with Crippen LogP contribution in [0.4, 0.5) is 5.69 Å². The lowest BCUT2D eigenvalue weighted by Crippen LogP contribution is -2.38. The number of hydrogen-bond acceptors (Lipinski definition) is 3. The van der Waals surface area contributed by atoms with Gasteiger partial charge in [-0.1, -0.05) is 24.3 Å². The number of nitrogens with one attached hydrogen (secondary N) is 2. The quantitative estimate of drug-likeness (QED) is 0.648. The number of allylic oxidation sites excluding steroid dienone is 2. The van der Waals surface area contributed by atoms with Gasteiger partial charge in [-0.15, -0.1) is 0 Å². The summed E-state index contributed by atoms with van der Waals surface area (Å²) in [6.07, 6.45) is 9.42. The van der Waals surface area contributed by atoms with Crippen LogP contribution < -0.4 is 10.6 Å². The molecule has 0 fully saturated rings. The maximum Gasteiger partial charge on any atom is 0.313 e. The molecule has 0 radical (unpaired) electrons. The van der Waals surface area contributed by atoms with Crippen LogP contribution >= 0.6 is 11.8 Å². The normalized spacial score (nSPS) is 17.0. The molecular formula is C17H22N2O2S. The van der Waals surface area contributed by atoms with Crippen LogP contribution in [0.2, 0.25) is 0 Å². The van der Waals surface area contributed by atoms with E-state index in [1.807, 2.05) is 30.5 Å². The molecule has 0 bridgehead atoms. The van der Waals surface area contributed by atoms with Crippen LogP contribution in [0, 0.1) is 5.92 Å². The predicted octanol–water partition coefficient (Wildman–Crippen LogP) is 2.96. The van der Waals surface area contributed by atoms with Crippen molar-refractivity contribution < 1.29 is 9.59 Å². The third kappa shape index (κ3) is 5.22. The average molecular weight is 318 g/mol. The largest absolute Gasteiger partial charge is 0.348 e. The minimum atomic E-state index is -0.607. The van der Waals surface area contributed by atoms with Gasteiger partial charge in [-0.05, 0) is 49.1 Å². The molecule has 0 aromatic heterocycles. The van der Waals surface area contributed by atoms with E-state index in [2.05, 4.69) is 22.8 Å². The Morgan fingerprint density at radius 2 is 1.95 bits per heavy atom. The summed E-state index contributed by atoms with van der Waals surface area (Å²) in [6.45, 7) is 0.559. The molecule has 0 spiro atoms. The number of hydrogen-bond donors (Lipinski definition) is 2. The number of benzene rings is 1. The van der Waals surface area contributed by atoms with Crippen LogP contribution in [-0.2, 0) is 15.3 Å². The summed E-state index contributed by atoms with van der Waals surface area (Å²) in [5.41, 5.74) is 1.84. The Morgan fingerprint density at radius 3 is 2.59 bits per heavy atom. The molecule has 2 rings (SSSR count). The molecule has 1 atom stereocenters. The number of carbonyl (C=O) groups is 2. The molecule has 118 valence electrons. The number of thioether (sulfide) groups is 1. The van der Waals surface area contributed by atoms with Gasteiger partial charge in [0.05, 0.1) is 0 Å². The third-order valence-electron chi connectivity index (χ3n) is 3.66. The second-order valence-electron chi connectivity index (χ2n) is 5.44. The SMILES string of the molecule is CSCc1ccc(NC(=O)C(=O)NC[C@@H]2CC=CCC2)cc1. The zero-order valence-corrected chi connectivity index (χ0v) is 13.6. The van der Waals surface area contributed by atoms with Crippen LogP contribution in [0.5, 0.6) is 0 Å².